The zero-order valence-electron chi connectivity index (χ0n) is 8.15. The molecule has 0 aromatic heterocycles. The summed E-state index contributed by atoms with van der Waals surface area (Å²) < 4.78 is 20.9. The molecule has 0 spiro atoms. The van der Waals surface area contributed by atoms with E-state index in [1.165, 1.54) is 0 Å². The molecule has 0 N–H and O–H groups in total. The molecule has 0 amide bonds. The van der Waals surface area contributed by atoms with Gasteiger partial charge in [-0.2, -0.15) is 0 Å². The SMILES string of the molecule is O=C([O-])c1cc(Cl)cc(S(=O)[O-])c1.[Na+].[Na+]. The summed E-state index contributed by atoms with van der Waals surface area (Å²) in [7, 11) is 0. The van der Waals surface area contributed by atoms with Crippen LogP contribution in [0, 0.1) is 0 Å². The molecule has 0 aliphatic rings. The first-order chi connectivity index (χ1) is 6.00. The molecule has 70 valence electrons. The fraction of sp³-hybridized carbons (Fsp3) is 0. The molecule has 15 heavy (non-hydrogen) atoms. The van der Waals surface area contributed by atoms with Gasteiger partial charge in [-0.1, -0.05) is 11.6 Å². The Morgan fingerprint density at radius 2 is 1.80 bits per heavy atom. The minimum Gasteiger partial charge on any atom is -0.768 e. The number of aromatic carboxylic acids is 1. The molecule has 0 fully saturated rings. The summed E-state index contributed by atoms with van der Waals surface area (Å²) in [6.45, 7) is 0. The molecular formula is C7H3ClNa2O4S. The van der Waals surface area contributed by atoms with Gasteiger partial charge in [-0.25, -0.2) is 0 Å². The quantitative estimate of drug-likeness (QED) is 0.393. The van der Waals surface area contributed by atoms with Crippen molar-refractivity contribution in [3.63, 3.8) is 0 Å². The molecular weight excluding hydrogens is 262 g/mol. The molecule has 1 aromatic rings. The average Bonchev–Trinajstić information content (AvgIpc) is 2.03. The summed E-state index contributed by atoms with van der Waals surface area (Å²) >= 11 is 2.98. The number of halogens is 1. The van der Waals surface area contributed by atoms with E-state index in [4.69, 9.17) is 11.6 Å². The van der Waals surface area contributed by atoms with Crippen LogP contribution >= 0.6 is 11.6 Å². The van der Waals surface area contributed by atoms with Crippen molar-refractivity contribution in [3.8, 4) is 0 Å². The molecule has 0 bridgehead atoms. The molecule has 0 heterocycles. The van der Waals surface area contributed by atoms with Gasteiger partial charge in [0.1, 0.15) is 0 Å². The van der Waals surface area contributed by atoms with Crippen LogP contribution < -0.4 is 64.2 Å². The van der Waals surface area contributed by atoms with Crippen molar-refractivity contribution in [1.82, 2.24) is 0 Å². The van der Waals surface area contributed by atoms with Crippen molar-refractivity contribution in [3.05, 3.63) is 28.8 Å². The zero-order chi connectivity index (χ0) is 10.0. The normalized spacial score (nSPS) is 10.8. The maximum atomic E-state index is 10.5. The van der Waals surface area contributed by atoms with Gasteiger partial charge in [0.15, 0.2) is 0 Å². The van der Waals surface area contributed by atoms with Crippen LogP contribution in [-0.4, -0.2) is 14.7 Å². The van der Waals surface area contributed by atoms with Crippen molar-refractivity contribution >= 4 is 28.7 Å². The molecule has 1 aromatic carbocycles. The van der Waals surface area contributed by atoms with Crippen LogP contribution in [-0.2, 0) is 11.1 Å². The summed E-state index contributed by atoms with van der Waals surface area (Å²) in [6.07, 6.45) is 0. The maximum absolute atomic E-state index is 10.5. The third-order valence-electron chi connectivity index (χ3n) is 1.30. The number of hydrogen-bond acceptors (Lipinski definition) is 4. The number of carboxylic acid groups (broad SMARTS) is 1. The predicted octanol–water partition coefficient (Wildman–Crippen LogP) is -6.05. The van der Waals surface area contributed by atoms with Gasteiger partial charge < -0.3 is 14.5 Å². The third kappa shape index (κ3) is 5.81. The average molecular weight is 265 g/mol. The first kappa shape index (κ1) is 18.5. The van der Waals surface area contributed by atoms with Gasteiger partial charge in [-0.15, -0.1) is 0 Å². The minimum atomic E-state index is -2.49. The Morgan fingerprint density at radius 1 is 1.27 bits per heavy atom. The van der Waals surface area contributed by atoms with E-state index in [1.54, 1.807) is 0 Å². The molecule has 0 saturated carbocycles. The maximum Gasteiger partial charge on any atom is 1.00 e. The van der Waals surface area contributed by atoms with E-state index in [2.05, 4.69) is 0 Å². The number of carbonyl (C=O) groups excluding carboxylic acids is 1. The van der Waals surface area contributed by atoms with Crippen molar-refractivity contribution < 1.29 is 77.8 Å². The second kappa shape index (κ2) is 8.22. The largest absolute Gasteiger partial charge is 1.00 e. The number of rotatable bonds is 2. The van der Waals surface area contributed by atoms with Crippen LogP contribution in [0.1, 0.15) is 10.4 Å². The summed E-state index contributed by atoms with van der Waals surface area (Å²) in [4.78, 5) is 10.2. The van der Waals surface area contributed by atoms with Crippen LogP contribution in [0.5, 0.6) is 0 Å². The topological polar surface area (TPSA) is 80.3 Å². The Balaban J connectivity index is 0. The van der Waals surface area contributed by atoms with E-state index in [-0.39, 0.29) is 74.6 Å². The molecule has 4 nitrogen and oxygen atoms in total. The standard InChI is InChI=1S/C7H5ClO4S.2Na/c8-5-1-4(7(9)10)2-6(3-5)13(11)12;;/h1-3H,(H,9,10)(H,11,12);;/q;2*+1/p-2. The van der Waals surface area contributed by atoms with E-state index >= 15 is 0 Å². The number of carbonyl (C=O) groups is 1. The first-order valence-electron chi connectivity index (χ1n) is 3.12. The molecule has 0 radical (unpaired) electrons. The van der Waals surface area contributed by atoms with E-state index in [0.717, 1.165) is 18.2 Å². The van der Waals surface area contributed by atoms with E-state index in [0.29, 0.717) is 0 Å². The number of benzene rings is 1. The number of carboxylic acids is 1. The smallest absolute Gasteiger partial charge is 0.768 e. The zero-order valence-corrected chi connectivity index (χ0v) is 13.7. The molecule has 1 rings (SSSR count). The Hall–Kier alpha value is 1.09. The summed E-state index contributed by atoms with van der Waals surface area (Å²) in [5, 5.41) is 10.4. The Labute approximate surface area is 138 Å². The van der Waals surface area contributed by atoms with Gasteiger partial charge in [0.2, 0.25) is 0 Å². The van der Waals surface area contributed by atoms with Crippen LogP contribution in [0.25, 0.3) is 0 Å². The summed E-state index contributed by atoms with van der Waals surface area (Å²) in [5.74, 6) is -1.46. The molecule has 0 aliphatic heterocycles. The Bertz CT molecular complexity index is 353. The van der Waals surface area contributed by atoms with Crippen LogP contribution in [0.4, 0.5) is 0 Å². The monoisotopic (exact) mass is 264 g/mol. The van der Waals surface area contributed by atoms with Gasteiger partial charge in [-0.05, 0) is 34.8 Å². The number of hydrogen-bond donors (Lipinski definition) is 0. The van der Waals surface area contributed by atoms with Gasteiger partial charge in [0.05, 0.1) is 5.97 Å². The Morgan fingerprint density at radius 3 is 2.20 bits per heavy atom. The molecule has 8 heteroatoms. The molecule has 1 atom stereocenters. The van der Waals surface area contributed by atoms with E-state index in [9.17, 15) is 18.7 Å². The van der Waals surface area contributed by atoms with Gasteiger partial charge >= 0.3 is 59.1 Å². The van der Waals surface area contributed by atoms with Crippen molar-refractivity contribution in [2.24, 2.45) is 0 Å². The van der Waals surface area contributed by atoms with Crippen LogP contribution in [0.15, 0.2) is 23.1 Å². The van der Waals surface area contributed by atoms with Crippen molar-refractivity contribution in [2.45, 2.75) is 4.90 Å². The molecule has 0 saturated heterocycles. The molecule has 0 aliphatic carbocycles. The molecule has 1 unspecified atom stereocenters. The minimum absolute atomic E-state index is 0. The van der Waals surface area contributed by atoms with Crippen LogP contribution in [0.2, 0.25) is 5.02 Å². The van der Waals surface area contributed by atoms with Gasteiger partial charge in [0, 0.05) is 9.92 Å². The fourth-order valence-corrected chi connectivity index (χ4v) is 1.52. The first-order valence-corrected chi connectivity index (χ1v) is 4.57. The van der Waals surface area contributed by atoms with Crippen molar-refractivity contribution in [1.29, 1.82) is 0 Å². The summed E-state index contributed by atoms with van der Waals surface area (Å²) in [6, 6.07) is 3.24. The van der Waals surface area contributed by atoms with Gasteiger partial charge in [-0.3, -0.25) is 4.21 Å². The fourth-order valence-electron chi connectivity index (χ4n) is 0.777. The van der Waals surface area contributed by atoms with Crippen molar-refractivity contribution in [2.75, 3.05) is 0 Å². The van der Waals surface area contributed by atoms with E-state index < -0.39 is 17.0 Å². The summed E-state index contributed by atoms with van der Waals surface area (Å²) in [5.41, 5.74) is -0.258. The third-order valence-corrected chi connectivity index (χ3v) is 2.14. The van der Waals surface area contributed by atoms with Gasteiger partial charge in [0.25, 0.3) is 0 Å². The van der Waals surface area contributed by atoms with E-state index in [1.807, 2.05) is 0 Å². The Kier molecular flexibility index (Phi) is 10.1. The second-order valence-corrected chi connectivity index (χ2v) is 3.58. The predicted molar refractivity (Wildman–Crippen MR) is 43.0 cm³/mol. The second-order valence-electron chi connectivity index (χ2n) is 2.20. The van der Waals surface area contributed by atoms with Crippen LogP contribution in [0.3, 0.4) is 0 Å².